The summed E-state index contributed by atoms with van der Waals surface area (Å²) in [6.07, 6.45) is 2.33. The molecule has 0 bridgehead atoms. The average Bonchev–Trinajstić information content (AvgIpc) is 2.94. The van der Waals surface area contributed by atoms with Crippen molar-refractivity contribution in [1.82, 2.24) is 10.6 Å². The van der Waals surface area contributed by atoms with E-state index in [1.165, 1.54) is 12.8 Å². The van der Waals surface area contributed by atoms with Crippen molar-refractivity contribution in [3.05, 3.63) is 0 Å². The second-order valence-corrected chi connectivity index (χ2v) is 6.08. The quantitative estimate of drug-likeness (QED) is 0.777. The summed E-state index contributed by atoms with van der Waals surface area (Å²) < 4.78 is 5.18. The smallest absolute Gasteiger partial charge is 0.407 e. The number of hydrogen-bond donors (Lipinski definition) is 2. The minimum atomic E-state index is -0.429. The molecule has 1 aliphatic carbocycles. The van der Waals surface area contributed by atoms with Gasteiger partial charge in [-0.15, -0.1) is 0 Å². The molecule has 0 radical (unpaired) electrons. The molecule has 1 saturated carbocycles. The highest BCUT2D eigenvalue weighted by molar-refractivity contribution is 5.67. The topological polar surface area (TPSA) is 50.4 Å². The Morgan fingerprint density at radius 3 is 2.41 bits per heavy atom. The second-order valence-electron chi connectivity index (χ2n) is 6.08. The maximum atomic E-state index is 11.4. The van der Waals surface area contributed by atoms with E-state index in [1.54, 1.807) is 0 Å². The molecule has 0 saturated heterocycles. The Labute approximate surface area is 104 Å². The molecule has 2 atom stereocenters. The zero-order chi connectivity index (χ0) is 13.1. The zero-order valence-corrected chi connectivity index (χ0v) is 11.7. The number of alkyl carbamates (subject to hydrolysis) is 1. The first kappa shape index (κ1) is 14.3. The lowest BCUT2D eigenvalue weighted by Crippen LogP contribution is -2.44. The second kappa shape index (κ2) is 5.71. The van der Waals surface area contributed by atoms with E-state index in [1.807, 2.05) is 20.8 Å². The predicted octanol–water partition coefficient (Wildman–Crippen LogP) is 2.29. The molecule has 1 amide bonds. The Kier molecular flexibility index (Phi) is 4.80. The van der Waals surface area contributed by atoms with Crippen LogP contribution in [0.15, 0.2) is 0 Å². The van der Waals surface area contributed by atoms with Gasteiger partial charge in [0.25, 0.3) is 0 Å². The number of nitrogens with one attached hydrogen (secondary N) is 2. The fourth-order valence-corrected chi connectivity index (χ4v) is 1.79. The Bertz CT molecular complexity index is 257. The number of amides is 1. The summed E-state index contributed by atoms with van der Waals surface area (Å²) in [6, 6.07) is 0.823. The molecule has 4 nitrogen and oxygen atoms in total. The normalized spacial score (nSPS) is 19.6. The van der Waals surface area contributed by atoms with Crippen LogP contribution in [0.2, 0.25) is 0 Å². The Morgan fingerprint density at radius 2 is 1.94 bits per heavy atom. The molecule has 17 heavy (non-hydrogen) atoms. The van der Waals surface area contributed by atoms with E-state index in [-0.39, 0.29) is 12.1 Å². The molecule has 0 aromatic rings. The van der Waals surface area contributed by atoms with Gasteiger partial charge in [0.1, 0.15) is 5.60 Å². The summed E-state index contributed by atoms with van der Waals surface area (Å²) in [5.74, 6) is 0.832. The van der Waals surface area contributed by atoms with Gasteiger partial charge >= 0.3 is 6.09 Å². The molecule has 1 fully saturated rings. The van der Waals surface area contributed by atoms with Gasteiger partial charge in [0.15, 0.2) is 0 Å². The van der Waals surface area contributed by atoms with Crippen LogP contribution in [0.4, 0.5) is 4.79 Å². The zero-order valence-electron chi connectivity index (χ0n) is 11.7. The Morgan fingerprint density at radius 1 is 1.35 bits per heavy atom. The van der Waals surface area contributed by atoms with Gasteiger partial charge in [0, 0.05) is 18.6 Å². The van der Waals surface area contributed by atoms with E-state index in [9.17, 15) is 4.79 Å². The van der Waals surface area contributed by atoms with E-state index < -0.39 is 5.60 Å². The molecule has 0 spiro atoms. The van der Waals surface area contributed by atoms with Gasteiger partial charge in [-0.2, -0.15) is 0 Å². The van der Waals surface area contributed by atoms with Gasteiger partial charge in [0.05, 0.1) is 0 Å². The third-order valence-corrected chi connectivity index (χ3v) is 2.83. The Hall–Kier alpha value is -0.770. The molecular weight excluding hydrogens is 216 g/mol. The van der Waals surface area contributed by atoms with Gasteiger partial charge in [-0.25, -0.2) is 4.79 Å². The summed E-state index contributed by atoms with van der Waals surface area (Å²) in [5, 5.41) is 6.27. The molecule has 4 heteroatoms. The molecular formula is C13H26N2O2. The van der Waals surface area contributed by atoms with Gasteiger partial charge < -0.3 is 15.4 Å². The average molecular weight is 242 g/mol. The summed E-state index contributed by atoms with van der Waals surface area (Å²) >= 11 is 0. The number of carbonyl (C=O) groups excluding carboxylic acids is 1. The van der Waals surface area contributed by atoms with E-state index in [4.69, 9.17) is 4.74 Å². The van der Waals surface area contributed by atoms with Crippen molar-refractivity contribution in [2.24, 2.45) is 5.92 Å². The lowest BCUT2D eigenvalue weighted by atomic mass is 10.2. The van der Waals surface area contributed by atoms with Crippen molar-refractivity contribution < 1.29 is 9.53 Å². The van der Waals surface area contributed by atoms with Crippen molar-refractivity contribution in [2.45, 2.75) is 65.1 Å². The standard InChI is InChI=1S/C13H26N2O2/c1-9(15-10(2)11-6-7-11)8-14-12(16)17-13(3,4)5/h9-11,15H,6-8H2,1-5H3,(H,14,16). The highest BCUT2D eigenvalue weighted by atomic mass is 16.6. The predicted molar refractivity (Wildman–Crippen MR) is 69.0 cm³/mol. The fraction of sp³-hybridized carbons (Fsp3) is 0.923. The van der Waals surface area contributed by atoms with Gasteiger partial charge in [-0.05, 0) is 53.4 Å². The molecule has 2 N–H and O–H groups in total. The van der Waals surface area contributed by atoms with E-state index in [0.29, 0.717) is 12.6 Å². The van der Waals surface area contributed by atoms with E-state index in [0.717, 1.165) is 5.92 Å². The first-order chi connectivity index (χ1) is 7.78. The third kappa shape index (κ3) is 6.51. The van der Waals surface area contributed by atoms with Crippen LogP contribution in [0.1, 0.15) is 47.5 Å². The first-order valence-electron chi connectivity index (χ1n) is 6.51. The number of hydrogen-bond acceptors (Lipinski definition) is 3. The maximum absolute atomic E-state index is 11.4. The Balaban J connectivity index is 2.14. The molecule has 0 aliphatic heterocycles. The molecule has 100 valence electrons. The molecule has 0 aromatic carbocycles. The third-order valence-electron chi connectivity index (χ3n) is 2.83. The molecule has 2 unspecified atom stereocenters. The molecule has 0 aromatic heterocycles. The number of carbonyl (C=O) groups is 1. The van der Waals surface area contributed by atoms with Crippen molar-refractivity contribution in [2.75, 3.05) is 6.54 Å². The molecule has 1 rings (SSSR count). The van der Waals surface area contributed by atoms with Gasteiger partial charge in [-0.3, -0.25) is 0 Å². The highest BCUT2D eigenvalue weighted by Gasteiger charge is 2.28. The SMILES string of the molecule is CC(CNC(=O)OC(C)(C)C)NC(C)C1CC1. The van der Waals surface area contributed by atoms with Crippen molar-refractivity contribution in [3.8, 4) is 0 Å². The van der Waals surface area contributed by atoms with Crippen LogP contribution in [0.3, 0.4) is 0 Å². The summed E-state index contributed by atoms with van der Waals surface area (Å²) in [4.78, 5) is 11.4. The first-order valence-corrected chi connectivity index (χ1v) is 6.51. The molecule has 1 aliphatic rings. The summed E-state index contributed by atoms with van der Waals surface area (Å²) in [6.45, 7) is 10.5. The van der Waals surface area contributed by atoms with Gasteiger partial charge in [-0.1, -0.05) is 0 Å². The summed E-state index contributed by atoms with van der Waals surface area (Å²) in [7, 11) is 0. The number of ether oxygens (including phenoxy) is 1. The van der Waals surface area contributed by atoms with Crippen LogP contribution in [0.5, 0.6) is 0 Å². The number of rotatable bonds is 5. The minimum Gasteiger partial charge on any atom is -0.444 e. The van der Waals surface area contributed by atoms with Crippen LogP contribution in [-0.4, -0.2) is 30.3 Å². The van der Waals surface area contributed by atoms with Crippen LogP contribution in [-0.2, 0) is 4.74 Å². The van der Waals surface area contributed by atoms with Crippen molar-refractivity contribution >= 4 is 6.09 Å². The van der Waals surface area contributed by atoms with Gasteiger partial charge in [0.2, 0.25) is 0 Å². The fourth-order valence-electron chi connectivity index (χ4n) is 1.79. The van der Waals surface area contributed by atoms with Crippen LogP contribution in [0, 0.1) is 5.92 Å². The monoisotopic (exact) mass is 242 g/mol. The van der Waals surface area contributed by atoms with Crippen molar-refractivity contribution in [3.63, 3.8) is 0 Å². The lowest BCUT2D eigenvalue weighted by molar-refractivity contribution is 0.0522. The van der Waals surface area contributed by atoms with E-state index in [2.05, 4.69) is 24.5 Å². The maximum Gasteiger partial charge on any atom is 0.407 e. The minimum absolute atomic E-state index is 0.276. The van der Waals surface area contributed by atoms with E-state index >= 15 is 0 Å². The van der Waals surface area contributed by atoms with Crippen LogP contribution in [0.25, 0.3) is 0 Å². The van der Waals surface area contributed by atoms with Crippen molar-refractivity contribution in [1.29, 1.82) is 0 Å². The largest absolute Gasteiger partial charge is 0.444 e. The summed E-state index contributed by atoms with van der Waals surface area (Å²) in [5.41, 5.74) is -0.429. The molecule has 0 heterocycles. The van der Waals surface area contributed by atoms with Crippen LogP contribution < -0.4 is 10.6 Å². The van der Waals surface area contributed by atoms with Crippen LogP contribution >= 0.6 is 0 Å². The highest BCUT2D eigenvalue weighted by Crippen LogP contribution is 2.32. The lowest BCUT2D eigenvalue weighted by Gasteiger charge is -2.22.